The van der Waals surface area contributed by atoms with E-state index in [9.17, 15) is 34.8 Å². The number of fused-ring (bicyclic) bond motifs is 1. The van der Waals surface area contributed by atoms with Gasteiger partial charge >= 0.3 is 6.18 Å². The maximum atomic E-state index is 13.9. The molecule has 256 valence electrons. The van der Waals surface area contributed by atoms with Gasteiger partial charge in [-0.2, -0.15) is 31.0 Å². The second kappa shape index (κ2) is 14.1. The molecule has 0 atom stereocenters. The second-order valence-electron chi connectivity index (χ2n) is 12.0. The molecule has 2 saturated heterocycles. The predicted molar refractivity (Wildman–Crippen MR) is 168 cm³/mol. The molecular weight excluding hydrogens is 668 g/mol. The highest BCUT2D eigenvalue weighted by atomic mass is 32.2. The molecule has 4 heterocycles. The fraction of sp³-hybridized carbons (Fsp3) is 0.655. The number of aromatic nitrogens is 2. The zero-order valence-electron chi connectivity index (χ0n) is 26.0. The Morgan fingerprint density at radius 1 is 1.02 bits per heavy atom. The fourth-order valence-corrected chi connectivity index (χ4v) is 8.69. The lowest BCUT2D eigenvalue weighted by atomic mass is 10.0. The summed E-state index contributed by atoms with van der Waals surface area (Å²) < 4.78 is 97.1. The van der Waals surface area contributed by atoms with Crippen LogP contribution in [0.3, 0.4) is 0 Å². The first-order valence-electron chi connectivity index (χ1n) is 15.3. The van der Waals surface area contributed by atoms with Crippen molar-refractivity contribution in [2.75, 3.05) is 57.6 Å². The molecule has 5 rings (SSSR count). The minimum Gasteiger partial charge on any atom is -0.340 e. The lowest BCUT2D eigenvalue weighted by molar-refractivity contribution is -0.139. The summed E-state index contributed by atoms with van der Waals surface area (Å²) in [6.07, 6.45) is 2.06. The number of likely N-dealkylation sites (tertiary alicyclic amines) is 2. The van der Waals surface area contributed by atoms with Gasteiger partial charge in [-0.15, -0.1) is 11.8 Å². The second-order valence-corrected chi connectivity index (χ2v) is 16.8. The summed E-state index contributed by atoms with van der Waals surface area (Å²) >= 11 is 0.833. The lowest BCUT2D eigenvalue weighted by Crippen LogP contribution is -2.45. The van der Waals surface area contributed by atoms with Gasteiger partial charge in [0.05, 0.1) is 30.4 Å². The van der Waals surface area contributed by atoms with Crippen LogP contribution in [0.25, 0.3) is 11.3 Å². The van der Waals surface area contributed by atoms with Crippen LogP contribution in [0, 0.1) is 0 Å². The Morgan fingerprint density at radius 2 is 1.76 bits per heavy atom. The number of piperidine rings is 1. The summed E-state index contributed by atoms with van der Waals surface area (Å²) in [4.78, 5) is 16.5. The summed E-state index contributed by atoms with van der Waals surface area (Å²) in [7, 11) is -7.25. The van der Waals surface area contributed by atoms with Crippen molar-refractivity contribution in [3.63, 3.8) is 0 Å². The Kier molecular flexibility index (Phi) is 10.8. The van der Waals surface area contributed by atoms with Crippen LogP contribution in [0.2, 0.25) is 0 Å². The van der Waals surface area contributed by atoms with Crippen LogP contribution in [-0.2, 0) is 54.8 Å². The molecule has 46 heavy (non-hydrogen) atoms. The van der Waals surface area contributed by atoms with Crippen molar-refractivity contribution >= 4 is 37.8 Å². The van der Waals surface area contributed by atoms with Gasteiger partial charge in [-0.05, 0) is 44.4 Å². The van der Waals surface area contributed by atoms with E-state index in [1.54, 1.807) is 0 Å². The van der Waals surface area contributed by atoms with Crippen molar-refractivity contribution in [1.29, 1.82) is 0 Å². The number of thioether (sulfide) groups is 1. The Hall–Kier alpha value is -2.18. The van der Waals surface area contributed by atoms with Crippen LogP contribution < -0.4 is 0 Å². The third kappa shape index (κ3) is 8.64. The van der Waals surface area contributed by atoms with Gasteiger partial charge < -0.3 is 9.80 Å². The number of hydrogen-bond donors (Lipinski definition) is 0. The molecule has 11 nitrogen and oxygen atoms in total. The van der Waals surface area contributed by atoms with Crippen molar-refractivity contribution in [2.45, 2.75) is 68.7 Å². The average Bonchev–Trinajstić information content (AvgIpc) is 3.57. The molecule has 0 radical (unpaired) electrons. The number of nitrogens with zero attached hydrogens (tertiary/aromatic N) is 5. The number of hydrogen-bond acceptors (Lipinski definition) is 9. The standard InChI is InChI=1S/C29H40F3N5O6S3/c1-45(39,40)35-16-10-25-23(20-35)28(21-6-7-24(29(30,31)32)26(19-21)44-18-17-43-46(2,41)42)33-37(25)13-4-11-34-14-8-22(9-15-34)36-12-3-5-27(36)38/h6-7,19,22H,3-5,8-18,20H2,1-2H3. The van der Waals surface area contributed by atoms with Crippen molar-refractivity contribution in [2.24, 2.45) is 0 Å². The number of carbonyl (C=O) groups excluding carboxylic acids is 1. The highest BCUT2D eigenvalue weighted by molar-refractivity contribution is 7.99. The molecule has 0 saturated carbocycles. The Balaban J connectivity index is 1.34. The molecule has 3 aliphatic heterocycles. The summed E-state index contributed by atoms with van der Waals surface area (Å²) in [6.45, 7) is 4.12. The topological polar surface area (TPSA) is 122 Å². The SMILES string of the molecule is CS(=O)(=O)OCCSc1cc(-c2nn(CCCN3CCC(N4CCCC4=O)CC3)c3c2CN(S(C)(=O)=O)CC3)ccc1C(F)(F)F. The van der Waals surface area contributed by atoms with Crippen molar-refractivity contribution < 1.29 is 39.0 Å². The maximum Gasteiger partial charge on any atom is 0.417 e. The van der Waals surface area contributed by atoms with E-state index in [1.165, 1.54) is 16.4 Å². The molecule has 1 amide bonds. The largest absolute Gasteiger partial charge is 0.417 e. The van der Waals surface area contributed by atoms with E-state index in [0.29, 0.717) is 42.2 Å². The van der Waals surface area contributed by atoms with Gasteiger partial charge in [0, 0.05) is 85.6 Å². The third-order valence-corrected chi connectivity index (χ3v) is 11.6. The van der Waals surface area contributed by atoms with E-state index in [-0.39, 0.29) is 36.3 Å². The van der Waals surface area contributed by atoms with Crippen molar-refractivity contribution in [1.82, 2.24) is 23.9 Å². The van der Waals surface area contributed by atoms with Crippen LogP contribution in [-0.4, -0.2) is 110 Å². The molecule has 0 unspecified atom stereocenters. The van der Waals surface area contributed by atoms with Gasteiger partial charge in [-0.3, -0.25) is 13.7 Å². The van der Waals surface area contributed by atoms with Crippen molar-refractivity contribution in [3.05, 3.63) is 35.0 Å². The Bertz CT molecular complexity index is 1640. The Labute approximate surface area is 272 Å². The number of halogens is 3. The molecule has 2 aromatic rings. The highest BCUT2D eigenvalue weighted by Gasteiger charge is 2.35. The molecule has 0 spiro atoms. The number of rotatable bonds is 12. The third-order valence-electron chi connectivity index (χ3n) is 8.72. The number of aryl methyl sites for hydroxylation is 1. The summed E-state index contributed by atoms with van der Waals surface area (Å²) in [5, 5.41) is 4.83. The first-order chi connectivity index (χ1) is 21.6. The van der Waals surface area contributed by atoms with E-state index >= 15 is 0 Å². The van der Waals surface area contributed by atoms with Crippen molar-refractivity contribution in [3.8, 4) is 11.3 Å². The lowest BCUT2D eigenvalue weighted by Gasteiger charge is -2.36. The van der Waals surface area contributed by atoms with Gasteiger partial charge in [0.1, 0.15) is 0 Å². The smallest absolute Gasteiger partial charge is 0.340 e. The Morgan fingerprint density at radius 3 is 2.39 bits per heavy atom. The van der Waals surface area contributed by atoms with Crippen LogP contribution in [0.1, 0.15) is 48.9 Å². The molecule has 0 aliphatic carbocycles. The van der Waals surface area contributed by atoms with Gasteiger partial charge in [-0.1, -0.05) is 6.07 Å². The molecule has 0 N–H and O–H groups in total. The first-order valence-corrected chi connectivity index (χ1v) is 20.0. The predicted octanol–water partition coefficient (Wildman–Crippen LogP) is 3.43. The summed E-state index contributed by atoms with van der Waals surface area (Å²) in [5.74, 6) is 0.228. The van der Waals surface area contributed by atoms with Crippen LogP contribution in [0.15, 0.2) is 23.1 Å². The summed E-state index contributed by atoms with van der Waals surface area (Å²) in [6, 6.07) is 4.03. The molecule has 1 aromatic carbocycles. The van der Waals surface area contributed by atoms with E-state index < -0.39 is 31.9 Å². The van der Waals surface area contributed by atoms with Gasteiger partial charge in [0.2, 0.25) is 15.9 Å². The van der Waals surface area contributed by atoms with Crippen LogP contribution in [0.4, 0.5) is 13.2 Å². The first kappa shape index (κ1) is 35.1. The van der Waals surface area contributed by atoms with Gasteiger partial charge in [0.15, 0.2) is 0 Å². The average molecular weight is 708 g/mol. The molecular formula is C29H40F3N5O6S3. The molecule has 3 aliphatic rings. The number of benzene rings is 1. The van der Waals surface area contributed by atoms with E-state index in [1.807, 2.05) is 9.58 Å². The maximum absolute atomic E-state index is 13.9. The number of alkyl halides is 3. The molecule has 2 fully saturated rings. The van der Waals surface area contributed by atoms with Gasteiger partial charge in [-0.25, -0.2) is 8.42 Å². The minimum absolute atomic E-state index is 0.0282. The summed E-state index contributed by atoms with van der Waals surface area (Å²) in [5.41, 5.74) is 1.54. The van der Waals surface area contributed by atoms with Crippen LogP contribution >= 0.6 is 11.8 Å². The zero-order valence-corrected chi connectivity index (χ0v) is 28.4. The molecule has 0 bridgehead atoms. The van der Waals surface area contributed by atoms with E-state index in [2.05, 4.69) is 4.90 Å². The minimum atomic E-state index is -4.64. The molecule has 1 aromatic heterocycles. The normalized spacial score (nSPS) is 19.2. The van der Waals surface area contributed by atoms with Crippen LogP contribution in [0.5, 0.6) is 0 Å². The number of carbonyl (C=O) groups is 1. The highest BCUT2D eigenvalue weighted by Crippen LogP contribution is 2.40. The number of amides is 1. The van der Waals surface area contributed by atoms with E-state index in [4.69, 9.17) is 9.28 Å². The monoisotopic (exact) mass is 707 g/mol. The molecule has 17 heteroatoms. The van der Waals surface area contributed by atoms with E-state index in [0.717, 1.165) is 87.9 Å². The quantitative estimate of drug-likeness (QED) is 0.186. The fourth-order valence-electron chi connectivity index (χ4n) is 6.48. The number of sulfonamides is 1. The van der Waals surface area contributed by atoms with Gasteiger partial charge in [0.25, 0.3) is 10.1 Å². The zero-order chi connectivity index (χ0) is 33.3.